The Kier molecular flexibility index (Phi) is 6.47. The van der Waals surface area contributed by atoms with Gasteiger partial charge in [-0.1, -0.05) is 11.8 Å². The zero-order chi connectivity index (χ0) is 16.0. The normalized spacial score (nSPS) is 14.3. The number of aromatic amines is 1. The molecule has 0 fully saturated rings. The van der Waals surface area contributed by atoms with Crippen LogP contribution in [-0.4, -0.2) is 38.0 Å². The summed E-state index contributed by atoms with van der Waals surface area (Å²) in [6.07, 6.45) is 1.45. The lowest BCUT2D eigenvalue weighted by Crippen LogP contribution is -2.55. The lowest BCUT2D eigenvalue weighted by Gasteiger charge is -2.29. The van der Waals surface area contributed by atoms with Gasteiger partial charge in [0.25, 0.3) is 0 Å². The molecule has 21 heavy (non-hydrogen) atoms. The molecule has 1 unspecified atom stereocenters. The molecule has 0 aromatic carbocycles. The van der Waals surface area contributed by atoms with Crippen molar-refractivity contribution in [2.45, 2.75) is 63.8 Å². The molecule has 1 atom stereocenters. The molecular formula is C13H25N5O2S. The van der Waals surface area contributed by atoms with E-state index in [4.69, 9.17) is 5.73 Å². The van der Waals surface area contributed by atoms with Crippen molar-refractivity contribution < 1.29 is 4.79 Å². The number of carbonyl (C=O) groups is 1. The predicted octanol–water partition coefficient (Wildman–Crippen LogP) is 0.706. The molecule has 4 N–H and O–H groups in total. The molecule has 8 heteroatoms. The molecule has 0 aliphatic carbocycles. The quantitative estimate of drug-likeness (QED) is 0.459. The number of nitrogens with two attached hydrogens (primary N) is 1. The molecule has 0 bridgehead atoms. The van der Waals surface area contributed by atoms with Crippen LogP contribution in [-0.2, 0) is 11.3 Å². The van der Waals surface area contributed by atoms with Crippen LogP contribution in [0.15, 0.2) is 9.95 Å². The summed E-state index contributed by atoms with van der Waals surface area (Å²) in [6, 6.07) is 0.187. The Labute approximate surface area is 129 Å². The highest BCUT2D eigenvalue weighted by atomic mass is 32.2. The van der Waals surface area contributed by atoms with Gasteiger partial charge in [0.2, 0.25) is 5.91 Å². The number of hydrogen-bond donors (Lipinski definition) is 3. The van der Waals surface area contributed by atoms with E-state index < -0.39 is 5.54 Å². The van der Waals surface area contributed by atoms with Gasteiger partial charge in [-0.3, -0.25) is 9.36 Å². The molecule has 0 spiro atoms. The number of aromatic nitrogens is 3. The molecule has 0 radical (unpaired) electrons. The second-order valence-electron chi connectivity index (χ2n) is 5.50. The summed E-state index contributed by atoms with van der Waals surface area (Å²) in [6.45, 7) is 8.29. The summed E-state index contributed by atoms with van der Waals surface area (Å²) in [4.78, 5) is 23.0. The van der Waals surface area contributed by atoms with Crippen LogP contribution in [0.2, 0.25) is 0 Å². The zero-order valence-corrected chi connectivity index (χ0v) is 13.9. The molecule has 120 valence electrons. The molecular weight excluding hydrogens is 290 g/mol. The SMILES string of the molecule is CCn1c(SCCCC(C)(NC(C)C)C(N)=O)n[nH]c1=O. The van der Waals surface area contributed by atoms with Gasteiger partial charge >= 0.3 is 5.69 Å². The average Bonchev–Trinajstić information content (AvgIpc) is 2.74. The number of carbonyl (C=O) groups excluding carboxylic acids is 1. The van der Waals surface area contributed by atoms with E-state index >= 15 is 0 Å². The van der Waals surface area contributed by atoms with Crippen molar-refractivity contribution in [1.82, 2.24) is 20.1 Å². The molecule has 1 heterocycles. The Morgan fingerprint density at radius 3 is 2.76 bits per heavy atom. The molecule has 0 saturated heterocycles. The van der Waals surface area contributed by atoms with E-state index in [-0.39, 0.29) is 17.6 Å². The Balaban J connectivity index is 2.51. The summed E-state index contributed by atoms with van der Waals surface area (Å²) in [7, 11) is 0. The molecule has 0 saturated carbocycles. The monoisotopic (exact) mass is 315 g/mol. The van der Waals surface area contributed by atoms with Gasteiger partial charge in [-0.15, -0.1) is 5.10 Å². The van der Waals surface area contributed by atoms with Crippen LogP contribution in [0.4, 0.5) is 0 Å². The van der Waals surface area contributed by atoms with Gasteiger partial charge < -0.3 is 11.1 Å². The van der Waals surface area contributed by atoms with E-state index in [1.807, 2.05) is 27.7 Å². The highest BCUT2D eigenvalue weighted by Gasteiger charge is 2.30. The van der Waals surface area contributed by atoms with E-state index in [1.54, 1.807) is 4.57 Å². The fourth-order valence-corrected chi connectivity index (χ4v) is 3.13. The van der Waals surface area contributed by atoms with Gasteiger partial charge in [0, 0.05) is 18.3 Å². The minimum atomic E-state index is -0.704. The second-order valence-corrected chi connectivity index (χ2v) is 6.57. The predicted molar refractivity (Wildman–Crippen MR) is 84.4 cm³/mol. The molecule has 7 nitrogen and oxygen atoms in total. The van der Waals surface area contributed by atoms with Crippen LogP contribution in [0.3, 0.4) is 0 Å². The van der Waals surface area contributed by atoms with E-state index in [9.17, 15) is 9.59 Å². The number of primary amides is 1. The van der Waals surface area contributed by atoms with Crippen LogP contribution < -0.4 is 16.7 Å². The lowest BCUT2D eigenvalue weighted by atomic mass is 9.94. The van der Waals surface area contributed by atoms with Crippen molar-refractivity contribution in [3.05, 3.63) is 10.5 Å². The van der Waals surface area contributed by atoms with Gasteiger partial charge in [0.15, 0.2) is 5.16 Å². The van der Waals surface area contributed by atoms with Gasteiger partial charge in [-0.05, 0) is 40.5 Å². The van der Waals surface area contributed by atoms with Gasteiger partial charge in [0.05, 0.1) is 5.54 Å². The minimum absolute atomic E-state index is 0.187. The minimum Gasteiger partial charge on any atom is -0.368 e. The molecule has 1 aromatic heterocycles. The number of thioether (sulfide) groups is 1. The fourth-order valence-electron chi connectivity index (χ4n) is 2.19. The van der Waals surface area contributed by atoms with Crippen molar-refractivity contribution in [2.24, 2.45) is 5.73 Å². The topological polar surface area (TPSA) is 106 Å². The van der Waals surface area contributed by atoms with E-state index in [0.29, 0.717) is 18.1 Å². The number of nitrogens with one attached hydrogen (secondary N) is 2. The Hall–Kier alpha value is -1.28. The summed E-state index contributed by atoms with van der Waals surface area (Å²) in [5.41, 5.74) is 4.60. The first-order valence-corrected chi connectivity index (χ1v) is 8.14. The third-order valence-corrected chi connectivity index (χ3v) is 4.31. The van der Waals surface area contributed by atoms with E-state index in [2.05, 4.69) is 15.5 Å². The third-order valence-electron chi connectivity index (χ3n) is 3.24. The van der Waals surface area contributed by atoms with Crippen molar-refractivity contribution in [1.29, 1.82) is 0 Å². The highest BCUT2D eigenvalue weighted by molar-refractivity contribution is 7.99. The maximum atomic E-state index is 11.6. The van der Waals surface area contributed by atoms with E-state index in [0.717, 1.165) is 12.2 Å². The first-order chi connectivity index (χ1) is 9.80. The van der Waals surface area contributed by atoms with Gasteiger partial charge in [0.1, 0.15) is 0 Å². The lowest BCUT2D eigenvalue weighted by molar-refractivity contribution is -0.124. The molecule has 0 aliphatic heterocycles. The van der Waals surface area contributed by atoms with Crippen LogP contribution in [0.5, 0.6) is 0 Å². The Morgan fingerprint density at radius 2 is 2.24 bits per heavy atom. The highest BCUT2D eigenvalue weighted by Crippen LogP contribution is 2.19. The van der Waals surface area contributed by atoms with Crippen LogP contribution in [0, 0.1) is 0 Å². The Bertz CT molecular complexity index is 525. The van der Waals surface area contributed by atoms with Crippen LogP contribution in [0.25, 0.3) is 0 Å². The largest absolute Gasteiger partial charge is 0.368 e. The van der Waals surface area contributed by atoms with Crippen molar-refractivity contribution in [3.8, 4) is 0 Å². The summed E-state index contributed by atoms with van der Waals surface area (Å²) >= 11 is 1.50. The first-order valence-electron chi connectivity index (χ1n) is 7.15. The molecule has 1 amide bonds. The maximum absolute atomic E-state index is 11.6. The molecule has 0 aliphatic rings. The number of H-pyrrole nitrogens is 1. The second kappa shape index (κ2) is 7.65. The summed E-state index contributed by atoms with van der Waals surface area (Å²) in [5, 5.41) is 10.3. The average molecular weight is 315 g/mol. The smallest absolute Gasteiger partial charge is 0.343 e. The molecule has 1 aromatic rings. The third kappa shape index (κ3) is 4.89. The number of hydrogen-bond acceptors (Lipinski definition) is 5. The van der Waals surface area contributed by atoms with E-state index in [1.165, 1.54) is 11.8 Å². The number of amides is 1. The van der Waals surface area contributed by atoms with Crippen LogP contribution >= 0.6 is 11.8 Å². The summed E-state index contributed by atoms with van der Waals surface area (Å²) in [5.74, 6) is 0.430. The van der Waals surface area contributed by atoms with Crippen LogP contribution in [0.1, 0.15) is 40.5 Å². The first kappa shape index (κ1) is 17.8. The standard InChI is InChI=1S/C13H25N5O2S/c1-5-18-11(20)16-17-12(18)21-8-6-7-13(4,10(14)19)15-9(2)3/h9,15H,5-8H2,1-4H3,(H2,14,19)(H,16,20). The fraction of sp³-hybridized carbons (Fsp3) is 0.769. The zero-order valence-electron chi connectivity index (χ0n) is 13.1. The maximum Gasteiger partial charge on any atom is 0.343 e. The van der Waals surface area contributed by atoms with Crippen molar-refractivity contribution in [2.75, 3.05) is 5.75 Å². The van der Waals surface area contributed by atoms with Crippen molar-refractivity contribution in [3.63, 3.8) is 0 Å². The van der Waals surface area contributed by atoms with Gasteiger partial charge in [-0.25, -0.2) is 9.89 Å². The Morgan fingerprint density at radius 1 is 1.57 bits per heavy atom. The van der Waals surface area contributed by atoms with Crippen molar-refractivity contribution >= 4 is 17.7 Å². The summed E-state index contributed by atoms with van der Waals surface area (Å²) < 4.78 is 1.59. The van der Waals surface area contributed by atoms with Gasteiger partial charge in [-0.2, -0.15) is 0 Å². The number of rotatable bonds is 9. The molecule has 1 rings (SSSR count). The number of nitrogens with zero attached hydrogens (tertiary/aromatic N) is 2.